The summed E-state index contributed by atoms with van der Waals surface area (Å²) in [6.07, 6.45) is 2.51. The van der Waals surface area contributed by atoms with Crippen LogP contribution in [0.5, 0.6) is 0 Å². The molecular formula is C24H36IN5OS. The van der Waals surface area contributed by atoms with Gasteiger partial charge >= 0.3 is 0 Å². The fraction of sp³-hybridized carbons (Fsp3) is 0.500. The first-order valence-electron chi connectivity index (χ1n) is 11.1. The highest BCUT2D eigenvalue weighted by atomic mass is 127. The quantitative estimate of drug-likeness (QED) is 0.287. The lowest BCUT2D eigenvalue weighted by atomic mass is 9.98. The van der Waals surface area contributed by atoms with Crippen LogP contribution in [0.15, 0.2) is 46.8 Å². The number of benzene rings is 1. The van der Waals surface area contributed by atoms with Crippen molar-refractivity contribution in [3.8, 4) is 0 Å². The fourth-order valence-corrected chi connectivity index (χ4v) is 4.59. The second kappa shape index (κ2) is 13.8. The SMILES string of the molecule is CCNC(=NCc1ccc(C(=O)N(C)C)cc1)NCC1CCCN(Cc2cccs2)C1.I. The van der Waals surface area contributed by atoms with Crippen LogP contribution >= 0.6 is 35.3 Å². The fourth-order valence-electron chi connectivity index (χ4n) is 3.85. The number of piperidine rings is 1. The third kappa shape index (κ3) is 8.37. The van der Waals surface area contributed by atoms with Gasteiger partial charge in [0.25, 0.3) is 5.91 Å². The van der Waals surface area contributed by atoms with Crippen molar-refractivity contribution in [1.29, 1.82) is 0 Å². The Bertz CT molecular complexity index is 839. The Labute approximate surface area is 213 Å². The van der Waals surface area contributed by atoms with Crippen LogP contribution in [0.2, 0.25) is 0 Å². The number of carbonyl (C=O) groups excluding carboxylic acids is 1. The van der Waals surface area contributed by atoms with Gasteiger partial charge in [-0.1, -0.05) is 18.2 Å². The summed E-state index contributed by atoms with van der Waals surface area (Å²) in [5.41, 5.74) is 1.79. The van der Waals surface area contributed by atoms with Crippen LogP contribution in [0.4, 0.5) is 0 Å². The maximum Gasteiger partial charge on any atom is 0.253 e. The molecule has 1 aromatic carbocycles. The van der Waals surface area contributed by atoms with E-state index < -0.39 is 0 Å². The van der Waals surface area contributed by atoms with Gasteiger partial charge in [-0.25, -0.2) is 4.99 Å². The van der Waals surface area contributed by atoms with Crippen molar-refractivity contribution in [3.63, 3.8) is 0 Å². The number of halogens is 1. The summed E-state index contributed by atoms with van der Waals surface area (Å²) in [7, 11) is 3.53. The summed E-state index contributed by atoms with van der Waals surface area (Å²) < 4.78 is 0. The number of amides is 1. The smallest absolute Gasteiger partial charge is 0.253 e. The van der Waals surface area contributed by atoms with E-state index in [0.717, 1.165) is 37.7 Å². The minimum atomic E-state index is 0. The Morgan fingerprint density at radius 3 is 2.66 bits per heavy atom. The molecule has 6 nitrogen and oxygen atoms in total. The maximum atomic E-state index is 12.0. The first-order chi connectivity index (χ1) is 15.0. The van der Waals surface area contributed by atoms with Gasteiger partial charge in [0.05, 0.1) is 6.54 Å². The molecule has 1 amide bonds. The molecule has 2 N–H and O–H groups in total. The molecule has 1 unspecified atom stereocenters. The van der Waals surface area contributed by atoms with E-state index in [1.165, 1.54) is 24.3 Å². The number of likely N-dealkylation sites (tertiary alicyclic amines) is 1. The summed E-state index contributed by atoms with van der Waals surface area (Å²) in [4.78, 5) is 22.4. The van der Waals surface area contributed by atoms with E-state index in [4.69, 9.17) is 4.99 Å². The van der Waals surface area contributed by atoms with Crippen molar-refractivity contribution < 1.29 is 4.79 Å². The van der Waals surface area contributed by atoms with E-state index in [2.05, 4.69) is 40.0 Å². The van der Waals surface area contributed by atoms with E-state index in [-0.39, 0.29) is 29.9 Å². The van der Waals surface area contributed by atoms with Crippen molar-refractivity contribution in [3.05, 3.63) is 57.8 Å². The third-order valence-corrected chi connectivity index (χ3v) is 6.35. The number of guanidine groups is 1. The number of aliphatic imine (C=N–C) groups is 1. The summed E-state index contributed by atoms with van der Waals surface area (Å²) >= 11 is 1.84. The van der Waals surface area contributed by atoms with Crippen molar-refractivity contribution in [2.45, 2.75) is 32.9 Å². The number of carbonyl (C=O) groups is 1. The van der Waals surface area contributed by atoms with Gasteiger partial charge in [-0.05, 0) is 61.4 Å². The molecule has 1 aromatic heterocycles. The van der Waals surface area contributed by atoms with Crippen LogP contribution in [-0.2, 0) is 13.1 Å². The number of thiophene rings is 1. The molecule has 1 aliphatic heterocycles. The molecule has 0 spiro atoms. The van der Waals surface area contributed by atoms with Gasteiger partial charge in [0, 0.05) is 50.7 Å². The molecule has 3 rings (SSSR count). The highest BCUT2D eigenvalue weighted by Gasteiger charge is 2.20. The molecule has 8 heteroatoms. The molecule has 0 aliphatic carbocycles. The Hall–Kier alpha value is -1.65. The van der Waals surface area contributed by atoms with Crippen molar-refractivity contribution in [2.75, 3.05) is 40.3 Å². The molecule has 32 heavy (non-hydrogen) atoms. The zero-order valence-corrected chi connectivity index (χ0v) is 22.5. The summed E-state index contributed by atoms with van der Waals surface area (Å²) in [6.45, 7) is 7.82. The lowest BCUT2D eigenvalue weighted by Gasteiger charge is -2.32. The molecule has 2 aromatic rings. The highest BCUT2D eigenvalue weighted by Crippen LogP contribution is 2.20. The van der Waals surface area contributed by atoms with Crippen LogP contribution in [0.3, 0.4) is 0 Å². The summed E-state index contributed by atoms with van der Waals surface area (Å²) in [5, 5.41) is 9.05. The van der Waals surface area contributed by atoms with Crippen LogP contribution in [-0.4, -0.2) is 61.9 Å². The zero-order valence-electron chi connectivity index (χ0n) is 19.3. The molecule has 0 bridgehead atoms. The zero-order chi connectivity index (χ0) is 22.1. The number of nitrogens with one attached hydrogen (secondary N) is 2. The molecular weight excluding hydrogens is 533 g/mol. The van der Waals surface area contributed by atoms with Gasteiger partial charge < -0.3 is 15.5 Å². The minimum absolute atomic E-state index is 0. The van der Waals surface area contributed by atoms with Gasteiger partial charge in [-0.15, -0.1) is 35.3 Å². The Morgan fingerprint density at radius 2 is 2.00 bits per heavy atom. The van der Waals surface area contributed by atoms with Crippen LogP contribution in [0.1, 0.15) is 40.6 Å². The van der Waals surface area contributed by atoms with Crippen LogP contribution < -0.4 is 10.6 Å². The monoisotopic (exact) mass is 569 g/mol. The molecule has 0 radical (unpaired) electrons. The van der Waals surface area contributed by atoms with E-state index in [1.54, 1.807) is 19.0 Å². The minimum Gasteiger partial charge on any atom is -0.357 e. The number of rotatable bonds is 8. The summed E-state index contributed by atoms with van der Waals surface area (Å²) in [5.74, 6) is 1.51. The van der Waals surface area contributed by atoms with Crippen molar-refractivity contribution >= 4 is 47.2 Å². The van der Waals surface area contributed by atoms with Crippen LogP contribution in [0, 0.1) is 5.92 Å². The second-order valence-electron chi connectivity index (χ2n) is 8.30. The maximum absolute atomic E-state index is 12.0. The van der Waals surface area contributed by atoms with Gasteiger partial charge in [0.2, 0.25) is 0 Å². The molecule has 1 fully saturated rings. The van der Waals surface area contributed by atoms with Crippen LogP contribution in [0.25, 0.3) is 0 Å². The van der Waals surface area contributed by atoms with Gasteiger partial charge in [0.15, 0.2) is 5.96 Å². The van der Waals surface area contributed by atoms with Crippen molar-refractivity contribution in [2.24, 2.45) is 10.9 Å². The molecule has 2 heterocycles. The number of hydrogen-bond acceptors (Lipinski definition) is 4. The van der Waals surface area contributed by atoms with Gasteiger partial charge in [0.1, 0.15) is 0 Å². The standard InChI is InChI=1S/C24H35N5OS.HI/c1-4-25-24(26-15-19-9-11-21(12-10-19)23(30)28(2)3)27-16-20-7-5-13-29(17-20)18-22-8-6-14-31-22;/h6,8-12,14,20H,4-5,7,13,15-18H2,1-3H3,(H2,25,26,27);1H. The van der Waals surface area contributed by atoms with E-state index in [9.17, 15) is 4.79 Å². The lowest BCUT2D eigenvalue weighted by Crippen LogP contribution is -2.44. The Kier molecular flexibility index (Phi) is 11.5. The molecule has 1 aliphatic rings. The molecule has 176 valence electrons. The normalized spacial score (nSPS) is 16.8. The molecule has 1 atom stereocenters. The largest absolute Gasteiger partial charge is 0.357 e. The first-order valence-corrected chi connectivity index (χ1v) is 12.0. The number of hydrogen-bond donors (Lipinski definition) is 2. The first kappa shape index (κ1) is 26.6. The average Bonchev–Trinajstić information content (AvgIpc) is 3.29. The Morgan fingerprint density at radius 1 is 1.22 bits per heavy atom. The third-order valence-electron chi connectivity index (χ3n) is 5.49. The highest BCUT2D eigenvalue weighted by molar-refractivity contribution is 14.0. The molecule has 0 saturated carbocycles. The van der Waals surface area contributed by atoms with E-state index in [0.29, 0.717) is 18.0 Å². The average molecular weight is 570 g/mol. The van der Waals surface area contributed by atoms with Crippen molar-refractivity contribution in [1.82, 2.24) is 20.4 Å². The topological polar surface area (TPSA) is 60.0 Å². The Balaban J connectivity index is 0.00000363. The van der Waals surface area contributed by atoms with Gasteiger partial charge in [-0.2, -0.15) is 0 Å². The predicted molar refractivity (Wildman–Crippen MR) is 145 cm³/mol. The summed E-state index contributed by atoms with van der Waals surface area (Å²) in [6, 6.07) is 12.1. The molecule has 1 saturated heterocycles. The lowest BCUT2D eigenvalue weighted by molar-refractivity contribution is 0.0827. The van der Waals surface area contributed by atoms with E-state index in [1.807, 2.05) is 35.6 Å². The number of nitrogens with zero attached hydrogens (tertiary/aromatic N) is 3. The van der Waals surface area contributed by atoms with E-state index >= 15 is 0 Å². The predicted octanol–water partition coefficient (Wildman–Crippen LogP) is 4.04. The second-order valence-corrected chi connectivity index (χ2v) is 9.33. The van der Waals surface area contributed by atoms with Gasteiger partial charge in [-0.3, -0.25) is 9.69 Å².